The molecule has 8 heteroatoms. The van der Waals surface area contributed by atoms with Crippen LogP contribution in [0.1, 0.15) is 0 Å². The fraction of sp³-hybridized carbons (Fsp3) is 0.0909. The Hall–Kier alpha value is -1.86. The maximum atomic E-state index is 11.1. The lowest BCUT2D eigenvalue weighted by Crippen LogP contribution is -2.09. The molecule has 2 aromatic rings. The Kier molecular flexibility index (Phi) is 3.87. The first kappa shape index (κ1) is 13.6. The average molecular weight is 299 g/mol. The molecule has 1 aromatic carbocycles. The van der Waals surface area contributed by atoms with Crippen molar-refractivity contribution in [2.45, 2.75) is 0 Å². The zero-order valence-electron chi connectivity index (χ0n) is 9.96. The number of anilines is 3. The number of sulfonamides is 1. The lowest BCUT2D eigenvalue weighted by atomic mass is 10.3. The Morgan fingerprint density at radius 1 is 1.16 bits per heavy atom. The van der Waals surface area contributed by atoms with E-state index in [-0.39, 0.29) is 0 Å². The standard InChI is InChI=1S/C11H11ClN4O2S/c1-19(17,18)16-9-4-2-3-8(5-9)15-11-6-10(12)13-7-14-11/h2-7,16H,1H3,(H,13,14,15). The molecule has 0 saturated carbocycles. The summed E-state index contributed by atoms with van der Waals surface area (Å²) in [4.78, 5) is 7.76. The van der Waals surface area contributed by atoms with E-state index in [1.807, 2.05) is 0 Å². The third-order valence-corrected chi connectivity index (χ3v) is 2.89. The van der Waals surface area contributed by atoms with Gasteiger partial charge in [-0.1, -0.05) is 17.7 Å². The minimum atomic E-state index is -3.30. The molecule has 2 N–H and O–H groups in total. The molecule has 6 nitrogen and oxygen atoms in total. The Bertz CT molecular complexity index is 691. The van der Waals surface area contributed by atoms with Crippen molar-refractivity contribution in [2.75, 3.05) is 16.3 Å². The van der Waals surface area contributed by atoms with Crippen LogP contribution in [0.4, 0.5) is 17.2 Å². The second kappa shape index (κ2) is 5.41. The molecule has 0 saturated heterocycles. The molecule has 0 aliphatic carbocycles. The summed E-state index contributed by atoms with van der Waals surface area (Å²) in [7, 11) is -3.30. The lowest BCUT2D eigenvalue weighted by molar-refractivity contribution is 0.607. The Morgan fingerprint density at radius 3 is 2.58 bits per heavy atom. The van der Waals surface area contributed by atoms with Gasteiger partial charge in [0.25, 0.3) is 0 Å². The number of nitrogens with zero attached hydrogens (tertiary/aromatic N) is 2. The zero-order valence-corrected chi connectivity index (χ0v) is 11.5. The number of rotatable bonds is 4. The monoisotopic (exact) mass is 298 g/mol. The lowest BCUT2D eigenvalue weighted by Gasteiger charge is -2.08. The molecule has 0 fully saturated rings. The fourth-order valence-corrected chi connectivity index (χ4v) is 2.13. The topological polar surface area (TPSA) is 84.0 Å². The molecule has 19 heavy (non-hydrogen) atoms. The predicted molar refractivity (Wildman–Crippen MR) is 75.2 cm³/mol. The van der Waals surface area contributed by atoms with E-state index in [1.165, 1.54) is 6.33 Å². The number of halogens is 1. The van der Waals surface area contributed by atoms with Crippen molar-refractivity contribution in [3.8, 4) is 0 Å². The van der Waals surface area contributed by atoms with Crippen LogP contribution in [-0.4, -0.2) is 24.6 Å². The van der Waals surface area contributed by atoms with Gasteiger partial charge in [-0.05, 0) is 18.2 Å². The van der Waals surface area contributed by atoms with Crippen molar-refractivity contribution < 1.29 is 8.42 Å². The van der Waals surface area contributed by atoms with Crippen molar-refractivity contribution in [2.24, 2.45) is 0 Å². The van der Waals surface area contributed by atoms with Gasteiger partial charge in [-0.3, -0.25) is 4.72 Å². The number of hydrogen-bond donors (Lipinski definition) is 2. The molecular weight excluding hydrogens is 288 g/mol. The van der Waals surface area contributed by atoms with Crippen LogP contribution in [0, 0.1) is 0 Å². The highest BCUT2D eigenvalue weighted by Gasteiger charge is 2.03. The summed E-state index contributed by atoms with van der Waals surface area (Å²) < 4.78 is 24.7. The molecule has 100 valence electrons. The molecule has 0 aliphatic heterocycles. The molecular formula is C11H11ClN4O2S. The summed E-state index contributed by atoms with van der Waals surface area (Å²) in [6.45, 7) is 0. The van der Waals surface area contributed by atoms with Gasteiger partial charge in [-0.15, -0.1) is 0 Å². The minimum absolute atomic E-state index is 0.322. The average Bonchev–Trinajstić information content (AvgIpc) is 2.27. The van der Waals surface area contributed by atoms with Gasteiger partial charge in [0.2, 0.25) is 10.0 Å². The molecule has 2 rings (SSSR count). The molecule has 1 heterocycles. The van der Waals surface area contributed by atoms with E-state index in [0.29, 0.717) is 22.3 Å². The van der Waals surface area contributed by atoms with Gasteiger partial charge in [-0.2, -0.15) is 0 Å². The van der Waals surface area contributed by atoms with Crippen molar-refractivity contribution >= 4 is 38.8 Å². The van der Waals surface area contributed by atoms with Crippen LogP contribution in [0.5, 0.6) is 0 Å². The van der Waals surface area contributed by atoms with Crippen molar-refractivity contribution in [3.63, 3.8) is 0 Å². The van der Waals surface area contributed by atoms with Gasteiger partial charge in [0.15, 0.2) is 0 Å². The van der Waals surface area contributed by atoms with Crippen molar-refractivity contribution in [3.05, 3.63) is 41.8 Å². The number of nitrogens with one attached hydrogen (secondary N) is 2. The molecule has 0 bridgehead atoms. The number of hydrogen-bond acceptors (Lipinski definition) is 5. The second-order valence-electron chi connectivity index (χ2n) is 3.81. The third-order valence-electron chi connectivity index (χ3n) is 2.07. The van der Waals surface area contributed by atoms with Crippen LogP contribution in [0.2, 0.25) is 5.15 Å². The van der Waals surface area contributed by atoms with Gasteiger partial charge in [0.1, 0.15) is 17.3 Å². The zero-order chi connectivity index (χ0) is 13.9. The van der Waals surface area contributed by atoms with Crippen molar-refractivity contribution in [1.29, 1.82) is 0 Å². The maximum absolute atomic E-state index is 11.1. The smallest absolute Gasteiger partial charge is 0.229 e. The summed E-state index contributed by atoms with van der Waals surface area (Å²) in [5.41, 5.74) is 1.15. The highest BCUT2D eigenvalue weighted by molar-refractivity contribution is 7.92. The summed E-state index contributed by atoms with van der Waals surface area (Å²) >= 11 is 5.75. The fourth-order valence-electron chi connectivity index (χ4n) is 1.42. The third kappa shape index (κ3) is 4.38. The maximum Gasteiger partial charge on any atom is 0.229 e. The first-order valence-electron chi connectivity index (χ1n) is 5.25. The van der Waals surface area contributed by atoms with E-state index >= 15 is 0 Å². The van der Waals surface area contributed by atoms with Crippen LogP contribution in [0.25, 0.3) is 0 Å². The molecule has 0 atom stereocenters. The first-order valence-corrected chi connectivity index (χ1v) is 7.52. The second-order valence-corrected chi connectivity index (χ2v) is 5.94. The summed E-state index contributed by atoms with van der Waals surface area (Å²) in [5, 5.41) is 3.32. The summed E-state index contributed by atoms with van der Waals surface area (Å²) in [5.74, 6) is 0.525. The first-order chi connectivity index (χ1) is 8.92. The Labute approximate surface area is 115 Å². The predicted octanol–water partition coefficient (Wildman–Crippen LogP) is 2.25. The van der Waals surface area contributed by atoms with Crippen LogP contribution in [0.15, 0.2) is 36.7 Å². The quantitative estimate of drug-likeness (QED) is 0.846. The highest BCUT2D eigenvalue weighted by atomic mass is 35.5. The molecule has 0 radical (unpaired) electrons. The molecule has 0 amide bonds. The Balaban J connectivity index is 2.20. The number of aromatic nitrogens is 2. The molecule has 0 unspecified atom stereocenters. The van der Waals surface area contributed by atoms with E-state index in [9.17, 15) is 8.42 Å². The number of benzene rings is 1. The van der Waals surface area contributed by atoms with E-state index in [2.05, 4.69) is 20.0 Å². The summed E-state index contributed by atoms with van der Waals surface area (Å²) in [6, 6.07) is 8.37. The highest BCUT2D eigenvalue weighted by Crippen LogP contribution is 2.20. The van der Waals surface area contributed by atoms with E-state index in [0.717, 1.165) is 6.26 Å². The molecule has 1 aromatic heterocycles. The van der Waals surface area contributed by atoms with Crippen molar-refractivity contribution in [1.82, 2.24) is 9.97 Å². The largest absolute Gasteiger partial charge is 0.340 e. The summed E-state index contributed by atoms with van der Waals surface area (Å²) in [6.07, 6.45) is 2.43. The van der Waals surface area contributed by atoms with Gasteiger partial charge in [-0.25, -0.2) is 18.4 Å². The van der Waals surface area contributed by atoms with Gasteiger partial charge < -0.3 is 5.32 Å². The van der Waals surface area contributed by atoms with Gasteiger partial charge in [0.05, 0.1) is 11.9 Å². The van der Waals surface area contributed by atoms with E-state index in [1.54, 1.807) is 30.3 Å². The normalized spacial score (nSPS) is 11.1. The SMILES string of the molecule is CS(=O)(=O)Nc1cccc(Nc2cc(Cl)ncn2)c1. The van der Waals surface area contributed by atoms with Crippen LogP contribution < -0.4 is 10.0 Å². The van der Waals surface area contributed by atoms with Gasteiger partial charge in [0, 0.05) is 11.8 Å². The van der Waals surface area contributed by atoms with Crippen LogP contribution >= 0.6 is 11.6 Å². The van der Waals surface area contributed by atoms with E-state index in [4.69, 9.17) is 11.6 Å². The molecule has 0 spiro atoms. The minimum Gasteiger partial charge on any atom is -0.340 e. The Morgan fingerprint density at radius 2 is 1.89 bits per heavy atom. The van der Waals surface area contributed by atoms with E-state index < -0.39 is 10.0 Å². The van der Waals surface area contributed by atoms with Gasteiger partial charge >= 0.3 is 0 Å². The van der Waals surface area contributed by atoms with Crippen LogP contribution in [0.3, 0.4) is 0 Å². The van der Waals surface area contributed by atoms with Crippen LogP contribution in [-0.2, 0) is 10.0 Å². The molecule has 0 aliphatic rings.